The number of nitrogens with zero attached hydrogens (tertiary/aromatic N) is 4. The SMILES string of the molecule is Cc1cnc(Nc2cc([C@@H]3OC[C@H](OC(=O)NC(C)C)[C@@H]3F)[nH]n2)n2cc(COC(F)(F)F)nc12. The molecule has 3 aromatic heterocycles. The predicted octanol–water partition coefficient (Wildman–Crippen LogP) is 3.45. The number of carbonyl (C=O) groups is 1. The number of anilines is 2. The highest BCUT2D eigenvalue weighted by Gasteiger charge is 2.42. The second-order valence-corrected chi connectivity index (χ2v) is 8.20. The van der Waals surface area contributed by atoms with E-state index in [2.05, 4.69) is 35.5 Å². The number of hydrogen-bond acceptors (Lipinski definition) is 8. The van der Waals surface area contributed by atoms with Crippen molar-refractivity contribution in [2.75, 3.05) is 11.9 Å². The topological polar surface area (TPSA) is 128 Å². The van der Waals surface area contributed by atoms with Crippen molar-refractivity contribution in [3.05, 3.63) is 35.4 Å². The number of rotatable bonds is 7. The number of amides is 1. The fraction of sp³-hybridized carbons (Fsp3) is 0.500. The largest absolute Gasteiger partial charge is 0.522 e. The number of hydrogen-bond donors (Lipinski definition) is 3. The van der Waals surface area contributed by atoms with Crippen LogP contribution in [0.1, 0.15) is 36.9 Å². The summed E-state index contributed by atoms with van der Waals surface area (Å²) in [6.07, 6.45) is -6.42. The van der Waals surface area contributed by atoms with Gasteiger partial charge in [0, 0.05) is 30.1 Å². The van der Waals surface area contributed by atoms with Gasteiger partial charge in [0.2, 0.25) is 5.95 Å². The van der Waals surface area contributed by atoms with Gasteiger partial charge in [-0.25, -0.2) is 19.2 Å². The summed E-state index contributed by atoms with van der Waals surface area (Å²) in [5, 5.41) is 12.2. The van der Waals surface area contributed by atoms with Crippen molar-refractivity contribution in [2.45, 2.75) is 58.2 Å². The number of ether oxygens (including phenoxy) is 3. The minimum atomic E-state index is -4.78. The van der Waals surface area contributed by atoms with E-state index in [1.54, 1.807) is 20.8 Å². The fourth-order valence-corrected chi connectivity index (χ4v) is 3.47. The van der Waals surface area contributed by atoms with Crippen LogP contribution in [0.15, 0.2) is 18.5 Å². The van der Waals surface area contributed by atoms with E-state index in [9.17, 15) is 22.4 Å². The van der Waals surface area contributed by atoms with Gasteiger partial charge in [-0.2, -0.15) is 5.10 Å². The zero-order valence-corrected chi connectivity index (χ0v) is 18.9. The van der Waals surface area contributed by atoms with Gasteiger partial charge in [-0.1, -0.05) is 0 Å². The number of alkyl halides is 4. The van der Waals surface area contributed by atoms with E-state index in [-0.39, 0.29) is 30.1 Å². The molecule has 35 heavy (non-hydrogen) atoms. The summed E-state index contributed by atoms with van der Waals surface area (Å²) in [5.74, 6) is 0.460. The van der Waals surface area contributed by atoms with Crippen molar-refractivity contribution in [2.24, 2.45) is 0 Å². The number of H-pyrrole nitrogens is 1. The summed E-state index contributed by atoms with van der Waals surface area (Å²) in [5.41, 5.74) is 1.35. The number of imidazole rings is 1. The molecule has 190 valence electrons. The fourth-order valence-electron chi connectivity index (χ4n) is 3.47. The van der Waals surface area contributed by atoms with Gasteiger partial charge in [-0.05, 0) is 20.8 Å². The third kappa shape index (κ3) is 5.79. The van der Waals surface area contributed by atoms with Crippen LogP contribution in [0, 0.1) is 6.92 Å². The molecule has 0 saturated carbocycles. The van der Waals surface area contributed by atoms with Gasteiger partial charge in [0.15, 0.2) is 18.1 Å². The first kappa shape index (κ1) is 24.7. The van der Waals surface area contributed by atoms with E-state index in [4.69, 9.17) is 9.47 Å². The van der Waals surface area contributed by atoms with Crippen LogP contribution in [-0.4, -0.2) is 61.9 Å². The van der Waals surface area contributed by atoms with Crippen molar-refractivity contribution < 1.29 is 36.6 Å². The molecule has 0 spiro atoms. The third-order valence-electron chi connectivity index (χ3n) is 4.99. The number of aromatic nitrogens is 5. The summed E-state index contributed by atoms with van der Waals surface area (Å²) < 4.78 is 67.9. The Kier molecular flexibility index (Phi) is 6.80. The van der Waals surface area contributed by atoms with Gasteiger partial charge in [0.1, 0.15) is 11.8 Å². The van der Waals surface area contributed by atoms with Crippen LogP contribution >= 0.6 is 0 Å². The average molecular weight is 501 g/mol. The van der Waals surface area contributed by atoms with E-state index in [1.807, 2.05) is 0 Å². The first-order chi connectivity index (χ1) is 16.5. The van der Waals surface area contributed by atoms with Crippen molar-refractivity contribution in [3.63, 3.8) is 0 Å². The Hall–Kier alpha value is -3.46. The van der Waals surface area contributed by atoms with Crippen LogP contribution in [0.3, 0.4) is 0 Å². The van der Waals surface area contributed by atoms with Crippen LogP contribution in [-0.2, 0) is 20.8 Å². The predicted molar refractivity (Wildman–Crippen MR) is 113 cm³/mol. The first-order valence-electron chi connectivity index (χ1n) is 10.6. The number of halogens is 4. The van der Waals surface area contributed by atoms with Gasteiger partial charge >= 0.3 is 12.5 Å². The van der Waals surface area contributed by atoms with Crippen LogP contribution in [0.2, 0.25) is 0 Å². The van der Waals surface area contributed by atoms with E-state index in [0.29, 0.717) is 16.9 Å². The summed E-state index contributed by atoms with van der Waals surface area (Å²) >= 11 is 0. The minimum Gasteiger partial charge on any atom is -0.441 e. The summed E-state index contributed by atoms with van der Waals surface area (Å²) in [4.78, 5) is 20.2. The molecule has 1 saturated heterocycles. The van der Waals surface area contributed by atoms with Crippen LogP contribution < -0.4 is 10.6 Å². The molecule has 0 aromatic carbocycles. The van der Waals surface area contributed by atoms with Crippen molar-refractivity contribution >= 4 is 23.5 Å². The number of nitrogens with one attached hydrogen (secondary N) is 3. The first-order valence-corrected chi connectivity index (χ1v) is 10.6. The summed E-state index contributed by atoms with van der Waals surface area (Å²) in [6, 6.07) is 1.33. The van der Waals surface area contributed by atoms with Gasteiger partial charge in [0.05, 0.1) is 24.6 Å². The standard InChI is InChI=1S/C20H23F4N7O4/c1-9(2)26-19(32)35-13-8-33-16(15(13)21)12-4-14(30-29-12)28-18-25-5-10(3)17-27-11(6-31(17)18)7-34-20(22,23)24/h4-6,9,13,15-16H,7-8H2,1-3H3,(H,26,32)(H2,25,28,29,30)/t13-,15-,16-/m0/s1. The molecule has 0 aliphatic carbocycles. The number of aromatic amines is 1. The second-order valence-electron chi connectivity index (χ2n) is 8.20. The molecule has 1 fully saturated rings. The maximum atomic E-state index is 14.9. The van der Waals surface area contributed by atoms with E-state index < -0.39 is 37.4 Å². The molecule has 4 heterocycles. The zero-order chi connectivity index (χ0) is 25.3. The third-order valence-corrected chi connectivity index (χ3v) is 4.99. The maximum absolute atomic E-state index is 14.9. The van der Waals surface area contributed by atoms with Crippen molar-refractivity contribution in [1.29, 1.82) is 0 Å². The molecule has 0 unspecified atom stereocenters. The number of fused-ring (bicyclic) bond motifs is 1. The molecule has 1 aliphatic rings. The maximum Gasteiger partial charge on any atom is 0.522 e. The zero-order valence-electron chi connectivity index (χ0n) is 18.9. The number of carbonyl (C=O) groups excluding carboxylic acids is 1. The smallest absolute Gasteiger partial charge is 0.441 e. The van der Waals surface area contributed by atoms with E-state index >= 15 is 0 Å². The van der Waals surface area contributed by atoms with Gasteiger partial charge in [-0.3, -0.25) is 14.2 Å². The molecule has 15 heteroatoms. The molecular weight excluding hydrogens is 478 g/mol. The molecular formula is C20H23F4N7O4. The minimum absolute atomic E-state index is 0.0522. The molecule has 3 atom stereocenters. The lowest BCUT2D eigenvalue weighted by atomic mass is 10.1. The molecule has 3 N–H and O–H groups in total. The molecule has 3 aromatic rings. The molecule has 4 rings (SSSR count). The second kappa shape index (κ2) is 9.65. The summed E-state index contributed by atoms with van der Waals surface area (Å²) in [6.45, 7) is 4.32. The van der Waals surface area contributed by atoms with E-state index in [0.717, 1.165) is 0 Å². The highest BCUT2D eigenvalue weighted by atomic mass is 19.4. The van der Waals surface area contributed by atoms with Gasteiger partial charge in [0.25, 0.3) is 0 Å². The Balaban J connectivity index is 1.46. The average Bonchev–Trinajstić information content (AvgIpc) is 3.47. The number of aryl methyl sites for hydroxylation is 1. The molecule has 11 nitrogen and oxygen atoms in total. The molecule has 0 radical (unpaired) electrons. The lowest BCUT2D eigenvalue weighted by molar-refractivity contribution is -0.330. The molecule has 1 amide bonds. The van der Waals surface area contributed by atoms with Gasteiger partial charge < -0.3 is 20.1 Å². The molecule has 0 bridgehead atoms. The monoisotopic (exact) mass is 501 g/mol. The van der Waals surface area contributed by atoms with Crippen LogP contribution in [0.25, 0.3) is 5.65 Å². The van der Waals surface area contributed by atoms with Crippen LogP contribution in [0.4, 0.5) is 34.1 Å². The Morgan fingerprint density at radius 1 is 1.40 bits per heavy atom. The lowest BCUT2D eigenvalue weighted by Crippen LogP contribution is -2.36. The Labute approximate surface area is 196 Å². The van der Waals surface area contributed by atoms with Crippen molar-refractivity contribution in [1.82, 2.24) is 29.9 Å². The lowest BCUT2D eigenvalue weighted by Gasteiger charge is -2.16. The Morgan fingerprint density at radius 3 is 2.89 bits per heavy atom. The van der Waals surface area contributed by atoms with Crippen molar-refractivity contribution in [3.8, 4) is 0 Å². The Bertz CT molecular complexity index is 1200. The quantitative estimate of drug-likeness (QED) is 0.420. The van der Waals surface area contributed by atoms with Crippen LogP contribution in [0.5, 0.6) is 0 Å². The normalized spacial score (nSPS) is 20.5. The van der Waals surface area contributed by atoms with E-state index in [1.165, 1.54) is 22.9 Å². The summed E-state index contributed by atoms with van der Waals surface area (Å²) in [7, 11) is 0. The highest BCUT2D eigenvalue weighted by molar-refractivity contribution is 5.67. The van der Waals surface area contributed by atoms with Gasteiger partial charge in [-0.15, -0.1) is 13.2 Å². The number of alkyl carbamates (subject to hydrolysis) is 1. The highest BCUT2D eigenvalue weighted by Crippen LogP contribution is 2.33. The Morgan fingerprint density at radius 2 is 2.17 bits per heavy atom. The molecule has 1 aliphatic heterocycles.